The van der Waals surface area contributed by atoms with Gasteiger partial charge in [0, 0.05) is 5.57 Å². The Labute approximate surface area is 121 Å². The molecule has 1 aromatic carbocycles. The number of carbonyl (C=O) groups excluding carboxylic acids is 1. The third kappa shape index (κ3) is 4.69. The molecule has 1 unspecified atom stereocenters. The summed E-state index contributed by atoms with van der Waals surface area (Å²) in [6.45, 7) is 8.23. The van der Waals surface area contributed by atoms with Crippen molar-refractivity contribution >= 4 is 5.97 Å². The quantitative estimate of drug-likeness (QED) is 0.327. The van der Waals surface area contributed by atoms with Crippen LogP contribution in [0.25, 0.3) is 0 Å². The molecule has 1 atom stereocenters. The molecule has 19 heavy (non-hydrogen) atoms. The summed E-state index contributed by atoms with van der Waals surface area (Å²) in [4.78, 5) is 11.8. The normalized spacial score (nSPS) is 12.2. The summed E-state index contributed by atoms with van der Waals surface area (Å²) in [6.07, 6.45) is -0.305. The van der Waals surface area contributed by atoms with E-state index >= 15 is 0 Å². The van der Waals surface area contributed by atoms with Gasteiger partial charge in [0.15, 0.2) is 0 Å². The molecule has 0 N–H and O–H groups in total. The summed E-state index contributed by atoms with van der Waals surface area (Å²) < 4.78 is 6.17. The van der Waals surface area contributed by atoms with Crippen LogP contribution < -0.4 is 12.4 Å². The molecular formula is C15H22ClNO2. The predicted octanol–water partition coefficient (Wildman–Crippen LogP) is -0.0952. The minimum Gasteiger partial charge on any atom is -1.00 e. The Kier molecular flexibility index (Phi) is 6.81. The number of rotatable bonds is 5. The van der Waals surface area contributed by atoms with Crippen molar-refractivity contribution in [1.29, 1.82) is 0 Å². The molecule has 0 bridgehead atoms. The molecule has 0 radical (unpaired) electrons. The minimum atomic E-state index is -0.344. The van der Waals surface area contributed by atoms with Gasteiger partial charge >= 0.3 is 5.97 Å². The minimum absolute atomic E-state index is 0. The largest absolute Gasteiger partial charge is 1.00 e. The maximum atomic E-state index is 11.8. The maximum absolute atomic E-state index is 11.8. The van der Waals surface area contributed by atoms with Crippen LogP contribution in [-0.4, -0.2) is 31.1 Å². The van der Waals surface area contributed by atoms with Crippen LogP contribution in [0.1, 0.15) is 25.6 Å². The van der Waals surface area contributed by atoms with Gasteiger partial charge in [-0.05, 0) is 26.0 Å². The van der Waals surface area contributed by atoms with E-state index < -0.39 is 0 Å². The molecule has 0 aliphatic heterocycles. The molecule has 3 nitrogen and oxygen atoms in total. The molecule has 0 aliphatic rings. The van der Waals surface area contributed by atoms with E-state index in [9.17, 15) is 4.79 Å². The lowest BCUT2D eigenvalue weighted by Crippen LogP contribution is -3.00. The van der Waals surface area contributed by atoms with Crippen molar-refractivity contribution in [3.8, 4) is 0 Å². The Morgan fingerprint density at radius 3 is 2.26 bits per heavy atom. The van der Waals surface area contributed by atoms with Gasteiger partial charge in [-0.2, -0.15) is 0 Å². The molecule has 0 spiro atoms. The van der Waals surface area contributed by atoms with E-state index in [4.69, 9.17) is 4.74 Å². The van der Waals surface area contributed by atoms with Crippen molar-refractivity contribution in [2.75, 3.05) is 20.6 Å². The van der Waals surface area contributed by atoms with Gasteiger partial charge in [0.05, 0.1) is 26.2 Å². The third-order valence-corrected chi connectivity index (χ3v) is 3.10. The lowest BCUT2D eigenvalue weighted by atomic mass is 10.1. The Hall–Kier alpha value is -1.32. The smallest absolute Gasteiger partial charge is 0.337 e. The number of benzene rings is 1. The van der Waals surface area contributed by atoms with Gasteiger partial charge in [-0.3, -0.25) is 4.48 Å². The lowest BCUT2D eigenvalue weighted by molar-refractivity contribution is -0.940. The molecule has 0 aliphatic carbocycles. The van der Waals surface area contributed by atoms with E-state index in [-0.39, 0.29) is 24.6 Å². The van der Waals surface area contributed by atoms with Gasteiger partial charge in [0.2, 0.25) is 0 Å². The number of carbonyl (C=O) groups is 1. The fourth-order valence-corrected chi connectivity index (χ4v) is 1.60. The van der Waals surface area contributed by atoms with Crippen molar-refractivity contribution in [2.45, 2.75) is 20.1 Å². The van der Waals surface area contributed by atoms with E-state index in [1.165, 1.54) is 0 Å². The Morgan fingerprint density at radius 2 is 1.84 bits per heavy atom. The lowest BCUT2D eigenvalue weighted by Gasteiger charge is -2.36. The highest BCUT2D eigenvalue weighted by Gasteiger charge is 2.32. The van der Waals surface area contributed by atoms with E-state index in [1.54, 1.807) is 6.92 Å². The maximum Gasteiger partial charge on any atom is 0.337 e. The third-order valence-electron chi connectivity index (χ3n) is 3.10. The number of quaternary nitrogens is 1. The van der Waals surface area contributed by atoms with Gasteiger partial charge in [0.1, 0.15) is 0 Å². The van der Waals surface area contributed by atoms with Gasteiger partial charge in [0.25, 0.3) is 6.23 Å². The van der Waals surface area contributed by atoms with Gasteiger partial charge in [-0.1, -0.05) is 24.8 Å². The fraction of sp³-hybridized carbons (Fsp3) is 0.400. The summed E-state index contributed by atoms with van der Waals surface area (Å²) >= 11 is 0. The first-order chi connectivity index (χ1) is 8.38. The van der Waals surface area contributed by atoms with E-state index in [0.717, 1.165) is 12.1 Å². The number of ether oxygens (including phenoxy) is 1. The predicted molar refractivity (Wildman–Crippen MR) is 72.7 cm³/mol. The molecule has 0 fully saturated rings. The van der Waals surface area contributed by atoms with Crippen molar-refractivity contribution in [2.24, 2.45) is 0 Å². The summed E-state index contributed by atoms with van der Waals surface area (Å²) in [5.74, 6) is -0.344. The molecule has 0 saturated carbocycles. The topological polar surface area (TPSA) is 26.3 Å². The molecule has 0 amide bonds. The van der Waals surface area contributed by atoms with Crippen LogP contribution in [0.15, 0.2) is 42.5 Å². The second-order valence-electron chi connectivity index (χ2n) is 5.04. The zero-order valence-electron chi connectivity index (χ0n) is 12.0. The van der Waals surface area contributed by atoms with E-state index in [1.807, 2.05) is 44.4 Å². The monoisotopic (exact) mass is 283 g/mol. The SMILES string of the molecule is C=C(C)C(=O)OC(c1ccccc1)[N+](C)(C)CC.[Cl-]. The first kappa shape index (κ1) is 17.7. The van der Waals surface area contributed by atoms with Crippen LogP contribution in [0.4, 0.5) is 0 Å². The van der Waals surface area contributed by atoms with Gasteiger partial charge in [-0.15, -0.1) is 0 Å². The van der Waals surface area contributed by atoms with Crippen LogP contribution in [0, 0.1) is 0 Å². The highest BCUT2D eigenvalue weighted by molar-refractivity contribution is 5.87. The molecule has 106 valence electrons. The first-order valence-electron chi connectivity index (χ1n) is 6.12. The van der Waals surface area contributed by atoms with Crippen LogP contribution in [0.2, 0.25) is 0 Å². The summed E-state index contributed by atoms with van der Waals surface area (Å²) in [5.41, 5.74) is 1.42. The average Bonchev–Trinajstić information content (AvgIpc) is 2.36. The molecule has 1 aromatic rings. The Morgan fingerprint density at radius 1 is 1.32 bits per heavy atom. The van der Waals surface area contributed by atoms with E-state index in [0.29, 0.717) is 10.1 Å². The molecule has 4 heteroatoms. The Bertz CT molecular complexity index is 429. The summed E-state index contributed by atoms with van der Waals surface area (Å²) in [7, 11) is 4.09. The zero-order chi connectivity index (χ0) is 13.8. The van der Waals surface area contributed by atoms with Crippen molar-refractivity contribution in [1.82, 2.24) is 0 Å². The van der Waals surface area contributed by atoms with Crippen molar-refractivity contribution in [3.63, 3.8) is 0 Å². The molecule has 0 aromatic heterocycles. The van der Waals surface area contributed by atoms with Gasteiger partial charge < -0.3 is 17.1 Å². The van der Waals surface area contributed by atoms with Crippen LogP contribution in [-0.2, 0) is 9.53 Å². The fourth-order valence-electron chi connectivity index (χ4n) is 1.60. The molecule has 1 rings (SSSR count). The molecule has 0 saturated heterocycles. The first-order valence-corrected chi connectivity index (χ1v) is 6.12. The number of nitrogens with zero attached hydrogens (tertiary/aromatic N) is 1. The molecular weight excluding hydrogens is 262 g/mol. The highest BCUT2D eigenvalue weighted by Crippen LogP contribution is 2.26. The van der Waals surface area contributed by atoms with Crippen LogP contribution in [0.5, 0.6) is 0 Å². The number of esters is 1. The van der Waals surface area contributed by atoms with Crippen LogP contribution in [0.3, 0.4) is 0 Å². The van der Waals surface area contributed by atoms with Gasteiger partial charge in [-0.25, -0.2) is 4.79 Å². The Balaban J connectivity index is 0.00000324. The molecule has 0 heterocycles. The summed E-state index contributed by atoms with van der Waals surface area (Å²) in [5, 5.41) is 0. The highest BCUT2D eigenvalue weighted by atomic mass is 35.5. The number of hydrogen-bond donors (Lipinski definition) is 0. The van der Waals surface area contributed by atoms with E-state index in [2.05, 4.69) is 13.5 Å². The number of halogens is 1. The van der Waals surface area contributed by atoms with Crippen LogP contribution >= 0.6 is 0 Å². The average molecular weight is 284 g/mol. The zero-order valence-corrected chi connectivity index (χ0v) is 12.8. The standard InChI is InChI=1S/C15H22NO2.ClH/c1-6-16(4,5)14(18-15(17)12(2)3)13-10-8-7-9-11-13;/h7-11,14H,2,6H2,1,3-5H3;1H/q+1;/p-1. The van der Waals surface area contributed by atoms with Crippen molar-refractivity contribution < 1.29 is 26.4 Å². The number of hydrogen-bond acceptors (Lipinski definition) is 2. The van der Waals surface area contributed by atoms with Crippen molar-refractivity contribution in [3.05, 3.63) is 48.0 Å². The second-order valence-corrected chi connectivity index (χ2v) is 5.04. The second kappa shape index (κ2) is 7.31. The summed E-state index contributed by atoms with van der Waals surface area (Å²) in [6, 6.07) is 9.81.